The van der Waals surface area contributed by atoms with E-state index >= 15 is 0 Å². The molecule has 0 atom stereocenters. The molecule has 1 heterocycles. The van der Waals surface area contributed by atoms with Crippen molar-refractivity contribution in [1.29, 1.82) is 0 Å². The van der Waals surface area contributed by atoms with Crippen molar-refractivity contribution >= 4 is 29.2 Å². The highest BCUT2D eigenvalue weighted by atomic mass is 32.2. The molecule has 3 rings (SSSR count). The van der Waals surface area contributed by atoms with Gasteiger partial charge in [0, 0.05) is 16.9 Å². The Hall–Kier alpha value is -2.93. The van der Waals surface area contributed by atoms with Crippen LogP contribution in [0.25, 0.3) is 11.3 Å². The van der Waals surface area contributed by atoms with E-state index in [-0.39, 0.29) is 0 Å². The van der Waals surface area contributed by atoms with Crippen molar-refractivity contribution in [2.24, 2.45) is 0 Å². The van der Waals surface area contributed by atoms with E-state index in [0.717, 1.165) is 22.0 Å². The molecule has 0 aliphatic heterocycles. The van der Waals surface area contributed by atoms with Crippen LogP contribution in [-0.4, -0.2) is 22.0 Å². The Labute approximate surface area is 155 Å². The normalized spacial score (nSPS) is 10.4. The van der Waals surface area contributed by atoms with E-state index in [2.05, 4.69) is 27.8 Å². The molecular weight excluding hydrogens is 351 g/mol. The minimum Gasteiger partial charge on any atom is -0.308 e. The number of thioether (sulfide) groups is 1. The molecule has 0 saturated heterocycles. The minimum absolute atomic E-state index is 0.383. The van der Waals surface area contributed by atoms with E-state index in [4.69, 9.17) is 0 Å². The molecular formula is C19H17FN4OS. The zero-order valence-corrected chi connectivity index (χ0v) is 14.9. The summed E-state index contributed by atoms with van der Waals surface area (Å²) >= 11 is 1.63. The number of amides is 2. The molecule has 26 heavy (non-hydrogen) atoms. The van der Waals surface area contributed by atoms with Crippen molar-refractivity contribution in [3.8, 4) is 11.3 Å². The fourth-order valence-electron chi connectivity index (χ4n) is 2.31. The molecule has 5 nitrogen and oxygen atoms in total. The lowest BCUT2D eigenvalue weighted by atomic mass is 10.1. The van der Waals surface area contributed by atoms with Gasteiger partial charge in [0.1, 0.15) is 10.8 Å². The Morgan fingerprint density at radius 3 is 2.38 bits per heavy atom. The summed E-state index contributed by atoms with van der Waals surface area (Å²) < 4.78 is 13.2. The van der Waals surface area contributed by atoms with Gasteiger partial charge in [-0.1, -0.05) is 25.1 Å². The first-order valence-electron chi connectivity index (χ1n) is 8.04. The molecule has 7 heteroatoms. The average Bonchev–Trinajstić information content (AvgIpc) is 2.63. The molecule has 1 aromatic heterocycles. The smallest absolute Gasteiger partial charge is 0.308 e. The highest BCUT2D eigenvalue weighted by Crippen LogP contribution is 2.22. The number of hydrogen-bond acceptors (Lipinski definition) is 4. The zero-order chi connectivity index (χ0) is 18.4. The van der Waals surface area contributed by atoms with E-state index in [9.17, 15) is 9.18 Å². The maximum Gasteiger partial charge on any atom is 0.323 e. The molecule has 132 valence electrons. The molecule has 0 fully saturated rings. The fraction of sp³-hybridized carbons (Fsp3) is 0.105. The van der Waals surface area contributed by atoms with Crippen LogP contribution in [0.15, 0.2) is 65.7 Å². The van der Waals surface area contributed by atoms with Crippen LogP contribution in [0.1, 0.15) is 6.92 Å². The molecule has 2 amide bonds. The van der Waals surface area contributed by atoms with Crippen molar-refractivity contribution < 1.29 is 9.18 Å². The first-order chi connectivity index (χ1) is 12.6. The van der Waals surface area contributed by atoms with E-state index in [1.54, 1.807) is 23.9 Å². The third-order valence-electron chi connectivity index (χ3n) is 3.43. The number of rotatable bonds is 5. The summed E-state index contributed by atoms with van der Waals surface area (Å²) in [6.45, 7) is 2.06. The molecule has 0 aliphatic carbocycles. The molecule has 2 aromatic carbocycles. The number of hydrogen-bond donors (Lipinski definition) is 2. The van der Waals surface area contributed by atoms with Crippen LogP contribution in [0.4, 0.5) is 20.6 Å². The first-order valence-corrected chi connectivity index (χ1v) is 9.03. The highest BCUT2D eigenvalue weighted by Gasteiger charge is 2.06. The summed E-state index contributed by atoms with van der Waals surface area (Å²) in [6.07, 6.45) is 0. The number of urea groups is 1. The molecule has 0 bridgehead atoms. The van der Waals surface area contributed by atoms with Crippen LogP contribution in [0.2, 0.25) is 0 Å². The van der Waals surface area contributed by atoms with E-state index in [1.807, 2.05) is 30.3 Å². The Bertz CT molecular complexity index is 902. The van der Waals surface area contributed by atoms with Gasteiger partial charge in [-0.25, -0.2) is 9.18 Å². The molecule has 0 aliphatic rings. The number of halogens is 1. The van der Waals surface area contributed by atoms with E-state index in [1.165, 1.54) is 18.2 Å². The first kappa shape index (κ1) is 17.9. The van der Waals surface area contributed by atoms with Gasteiger partial charge in [-0.05, 0) is 48.2 Å². The second kappa shape index (κ2) is 8.44. The van der Waals surface area contributed by atoms with E-state index in [0.29, 0.717) is 11.4 Å². The number of benzene rings is 2. The fourth-order valence-corrected chi connectivity index (χ4v) is 2.87. The Kier molecular flexibility index (Phi) is 5.80. The summed E-state index contributed by atoms with van der Waals surface area (Å²) in [5.41, 5.74) is 2.55. The molecule has 0 spiro atoms. The van der Waals surface area contributed by atoms with Crippen LogP contribution in [-0.2, 0) is 0 Å². The SMILES string of the molecule is CCSc1ccc(-c2cccc(NC(=O)Nc3cccc(F)c3)c2)nn1. The quantitative estimate of drug-likeness (QED) is 0.619. The summed E-state index contributed by atoms with van der Waals surface area (Å²) in [5, 5.41) is 14.6. The lowest BCUT2D eigenvalue weighted by molar-refractivity contribution is 0.262. The molecule has 0 radical (unpaired) electrons. The Balaban J connectivity index is 1.69. The lowest BCUT2D eigenvalue weighted by Crippen LogP contribution is -2.19. The number of anilines is 2. The van der Waals surface area contributed by atoms with Gasteiger partial charge in [0.05, 0.1) is 5.69 Å². The number of nitrogens with one attached hydrogen (secondary N) is 2. The van der Waals surface area contributed by atoms with Gasteiger partial charge in [0.2, 0.25) is 0 Å². The summed E-state index contributed by atoms with van der Waals surface area (Å²) in [4.78, 5) is 12.1. The standard InChI is InChI=1S/C19H17FN4OS/c1-2-26-18-10-9-17(23-24-18)13-5-3-7-15(11-13)21-19(25)22-16-8-4-6-14(20)12-16/h3-12H,2H2,1H3,(H2,21,22,25). The van der Waals surface area contributed by atoms with Crippen LogP contribution in [0, 0.1) is 5.82 Å². The van der Waals surface area contributed by atoms with Crippen molar-refractivity contribution in [1.82, 2.24) is 10.2 Å². The number of nitrogens with zero attached hydrogens (tertiary/aromatic N) is 2. The predicted octanol–water partition coefficient (Wildman–Crippen LogP) is 5.04. The Morgan fingerprint density at radius 1 is 1.00 bits per heavy atom. The molecule has 0 saturated carbocycles. The molecule has 2 N–H and O–H groups in total. The third kappa shape index (κ3) is 4.80. The van der Waals surface area contributed by atoms with Crippen LogP contribution in [0.3, 0.4) is 0 Å². The van der Waals surface area contributed by atoms with Crippen molar-refractivity contribution in [2.75, 3.05) is 16.4 Å². The topological polar surface area (TPSA) is 66.9 Å². The summed E-state index contributed by atoms with van der Waals surface area (Å²) in [7, 11) is 0. The maximum atomic E-state index is 13.2. The Morgan fingerprint density at radius 2 is 1.73 bits per heavy atom. The largest absolute Gasteiger partial charge is 0.323 e. The second-order valence-corrected chi connectivity index (χ2v) is 6.64. The van der Waals surface area contributed by atoms with Crippen LogP contribution >= 0.6 is 11.8 Å². The highest BCUT2D eigenvalue weighted by molar-refractivity contribution is 7.99. The second-order valence-electron chi connectivity index (χ2n) is 5.36. The molecule has 0 unspecified atom stereocenters. The summed E-state index contributed by atoms with van der Waals surface area (Å²) in [6, 6.07) is 16.4. The number of carbonyl (C=O) groups excluding carboxylic acids is 1. The van der Waals surface area contributed by atoms with Crippen LogP contribution < -0.4 is 10.6 Å². The van der Waals surface area contributed by atoms with Crippen LogP contribution in [0.5, 0.6) is 0 Å². The monoisotopic (exact) mass is 368 g/mol. The number of carbonyl (C=O) groups is 1. The van der Waals surface area contributed by atoms with Gasteiger partial charge in [0.15, 0.2) is 0 Å². The van der Waals surface area contributed by atoms with Crippen molar-refractivity contribution in [3.63, 3.8) is 0 Å². The summed E-state index contributed by atoms with van der Waals surface area (Å²) in [5.74, 6) is 0.529. The average molecular weight is 368 g/mol. The van der Waals surface area contributed by atoms with Gasteiger partial charge in [-0.3, -0.25) is 0 Å². The molecule has 3 aromatic rings. The minimum atomic E-state index is -0.450. The van der Waals surface area contributed by atoms with Gasteiger partial charge in [0.25, 0.3) is 0 Å². The predicted molar refractivity (Wildman–Crippen MR) is 103 cm³/mol. The maximum absolute atomic E-state index is 13.2. The van der Waals surface area contributed by atoms with Crippen molar-refractivity contribution in [3.05, 3.63) is 66.5 Å². The van der Waals surface area contributed by atoms with Gasteiger partial charge < -0.3 is 10.6 Å². The van der Waals surface area contributed by atoms with E-state index < -0.39 is 11.8 Å². The number of aromatic nitrogens is 2. The van der Waals surface area contributed by atoms with Gasteiger partial charge in [-0.15, -0.1) is 22.0 Å². The zero-order valence-electron chi connectivity index (χ0n) is 14.1. The third-order valence-corrected chi connectivity index (χ3v) is 4.23. The lowest BCUT2D eigenvalue weighted by Gasteiger charge is -2.09. The van der Waals surface area contributed by atoms with Crippen molar-refractivity contribution in [2.45, 2.75) is 11.9 Å². The van der Waals surface area contributed by atoms with Gasteiger partial charge in [-0.2, -0.15) is 0 Å². The van der Waals surface area contributed by atoms with Gasteiger partial charge >= 0.3 is 6.03 Å².